The summed E-state index contributed by atoms with van der Waals surface area (Å²) >= 11 is 0. The molecule has 1 fully saturated rings. The van der Waals surface area contributed by atoms with Gasteiger partial charge in [0.15, 0.2) is 0 Å². The van der Waals surface area contributed by atoms with E-state index in [1.165, 1.54) is 5.56 Å². The van der Waals surface area contributed by atoms with Crippen LogP contribution in [0.4, 0.5) is 16.2 Å². The number of sulfonamides is 1. The Balaban J connectivity index is 1.27. The minimum Gasteiger partial charge on any atom is -0.457 e. The van der Waals surface area contributed by atoms with E-state index >= 15 is 0 Å². The summed E-state index contributed by atoms with van der Waals surface area (Å²) in [6, 6.07) is 15.0. The van der Waals surface area contributed by atoms with Crippen LogP contribution in [0.2, 0.25) is 0 Å². The number of unbranched alkanes of at least 4 members (excludes halogenated alkanes) is 1. The van der Waals surface area contributed by atoms with Crippen molar-refractivity contribution in [2.24, 2.45) is 7.05 Å². The normalized spacial score (nSPS) is 14.6. The average Bonchev–Trinajstić information content (AvgIpc) is 3.31. The fraction of sp³-hybridized carbons (Fsp3) is 0.429. The molecule has 0 saturated carbocycles. The highest BCUT2D eigenvalue weighted by atomic mass is 32.2. The van der Waals surface area contributed by atoms with E-state index in [2.05, 4.69) is 39.1 Å². The maximum atomic E-state index is 13.1. The van der Waals surface area contributed by atoms with Crippen LogP contribution in [0.3, 0.4) is 0 Å². The van der Waals surface area contributed by atoms with Crippen molar-refractivity contribution in [2.75, 3.05) is 35.9 Å². The minimum atomic E-state index is -3.31. The summed E-state index contributed by atoms with van der Waals surface area (Å²) < 4.78 is 32.7. The molecule has 0 bridgehead atoms. The predicted octanol–water partition coefficient (Wildman–Crippen LogP) is 4.88. The molecule has 1 aliphatic heterocycles. The average molecular weight is 555 g/mol. The number of rotatable bonds is 11. The largest absolute Gasteiger partial charge is 0.457 e. The van der Waals surface area contributed by atoms with Gasteiger partial charge in [-0.2, -0.15) is 5.10 Å². The summed E-state index contributed by atoms with van der Waals surface area (Å²) in [7, 11) is -1.47. The molecule has 0 radical (unpaired) electrons. The molecule has 0 unspecified atom stereocenters. The molecule has 1 aliphatic rings. The highest BCUT2D eigenvalue weighted by Gasteiger charge is 2.28. The number of hydrogen-bond acceptors (Lipinski definition) is 6. The van der Waals surface area contributed by atoms with Gasteiger partial charge in [-0.3, -0.25) is 14.3 Å². The second-order valence-electron chi connectivity index (χ2n) is 10.0. The van der Waals surface area contributed by atoms with Gasteiger partial charge in [0.1, 0.15) is 11.5 Å². The van der Waals surface area contributed by atoms with Crippen LogP contribution in [0.15, 0.2) is 60.9 Å². The minimum absolute atomic E-state index is 0.0493. The van der Waals surface area contributed by atoms with E-state index < -0.39 is 10.0 Å². The molecule has 0 atom stereocenters. The molecule has 10 nitrogen and oxygen atoms in total. The molecule has 3 aromatic rings. The zero-order valence-electron chi connectivity index (χ0n) is 22.8. The third-order valence-electron chi connectivity index (χ3n) is 6.69. The van der Waals surface area contributed by atoms with Gasteiger partial charge in [0, 0.05) is 51.2 Å². The van der Waals surface area contributed by atoms with Gasteiger partial charge in [0.25, 0.3) is 0 Å². The van der Waals surface area contributed by atoms with Crippen molar-refractivity contribution >= 4 is 27.4 Å². The molecular formula is C28H38N6O4S. The maximum absolute atomic E-state index is 13.1. The first-order chi connectivity index (χ1) is 18.7. The number of carbonyl (C=O) groups excluding carboxylic acids is 1. The number of carbonyl (C=O) groups is 1. The van der Waals surface area contributed by atoms with Crippen molar-refractivity contribution in [3.05, 3.63) is 66.5 Å². The fourth-order valence-electron chi connectivity index (χ4n) is 4.71. The second kappa shape index (κ2) is 13.0. The van der Waals surface area contributed by atoms with Crippen LogP contribution in [0.5, 0.6) is 11.5 Å². The van der Waals surface area contributed by atoms with Crippen LogP contribution in [-0.2, 0) is 23.6 Å². The Kier molecular flexibility index (Phi) is 9.47. The number of anilines is 2. The van der Waals surface area contributed by atoms with Crippen molar-refractivity contribution < 1.29 is 17.9 Å². The van der Waals surface area contributed by atoms with Crippen molar-refractivity contribution in [2.45, 2.75) is 45.2 Å². The number of benzene rings is 2. The number of amides is 2. The molecule has 4 rings (SSSR count). The van der Waals surface area contributed by atoms with Crippen LogP contribution < -0.4 is 14.8 Å². The third-order valence-corrected chi connectivity index (χ3v) is 7.30. The van der Waals surface area contributed by atoms with Gasteiger partial charge in [-0.05, 0) is 61.2 Å². The van der Waals surface area contributed by atoms with Gasteiger partial charge in [0.05, 0.1) is 18.1 Å². The molecule has 2 aromatic carbocycles. The number of aryl methyl sites for hydroxylation is 1. The van der Waals surface area contributed by atoms with E-state index in [4.69, 9.17) is 4.74 Å². The summed E-state index contributed by atoms with van der Waals surface area (Å²) in [6.45, 7) is 5.60. The Labute approximate surface area is 231 Å². The Morgan fingerprint density at radius 1 is 1.05 bits per heavy atom. The SMILES string of the molecule is CCCCN(C(=O)Nc1cnn(C)c1)C1CCN(Cc2ccc(Oc3ccc(NS(C)(=O)=O)cc3)cc2)CC1. The fourth-order valence-corrected chi connectivity index (χ4v) is 5.28. The van der Waals surface area contributed by atoms with E-state index in [9.17, 15) is 13.2 Å². The molecule has 11 heteroatoms. The lowest BCUT2D eigenvalue weighted by molar-refractivity contribution is 0.122. The quantitative estimate of drug-likeness (QED) is 0.350. The van der Waals surface area contributed by atoms with E-state index in [0.717, 1.165) is 63.8 Å². The van der Waals surface area contributed by atoms with Crippen molar-refractivity contribution in [3.63, 3.8) is 0 Å². The molecule has 39 heavy (non-hydrogen) atoms. The highest BCUT2D eigenvalue weighted by Crippen LogP contribution is 2.25. The second-order valence-corrected chi connectivity index (χ2v) is 11.8. The van der Waals surface area contributed by atoms with E-state index in [-0.39, 0.29) is 12.1 Å². The molecule has 1 aromatic heterocycles. The van der Waals surface area contributed by atoms with Crippen LogP contribution in [0.25, 0.3) is 0 Å². The summed E-state index contributed by atoms with van der Waals surface area (Å²) in [5, 5.41) is 7.15. The molecule has 2 N–H and O–H groups in total. The zero-order chi connectivity index (χ0) is 27.8. The number of urea groups is 1. The Hall–Kier alpha value is -3.57. The molecule has 0 aliphatic carbocycles. The Bertz CT molecular complexity index is 1320. The molecule has 1 saturated heterocycles. The lowest BCUT2D eigenvalue weighted by Crippen LogP contribution is -2.49. The number of ether oxygens (including phenoxy) is 1. The van der Waals surface area contributed by atoms with Crippen molar-refractivity contribution in [3.8, 4) is 11.5 Å². The first kappa shape index (κ1) is 28.4. The Morgan fingerprint density at radius 3 is 2.26 bits per heavy atom. The smallest absolute Gasteiger partial charge is 0.322 e. The monoisotopic (exact) mass is 554 g/mol. The van der Waals surface area contributed by atoms with Gasteiger partial charge < -0.3 is 15.0 Å². The first-order valence-corrected chi connectivity index (χ1v) is 15.2. The van der Waals surface area contributed by atoms with Crippen LogP contribution >= 0.6 is 0 Å². The molecule has 0 spiro atoms. The first-order valence-electron chi connectivity index (χ1n) is 13.3. The number of hydrogen-bond donors (Lipinski definition) is 2. The molecule has 2 amide bonds. The van der Waals surface area contributed by atoms with Crippen molar-refractivity contribution in [1.82, 2.24) is 19.6 Å². The lowest BCUT2D eigenvalue weighted by Gasteiger charge is -2.38. The third kappa shape index (κ3) is 8.72. The van der Waals surface area contributed by atoms with Crippen LogP contribution in [0, 0.1) is 0 Å². The standard InChI is InChI=1S/C28H38N6O4S/c1-4-5-16-34(28(35)30-24-19-29-32(2)21-24)25-14-17-33(18-15-25)20-22-6-10-26(11-7-22)38-27-12-8-23(9-13-27)31-39(3,36)37/h6-13,19,21,25,31H,4-5,14-18,20H2,1-3H3,(H,30,35). The maximum Gasteiger partial charge on any atom is 0.322 e. The Morgan fingerprint density at radius 2 is 1.69 bits per heavy atom. The summed E-state index contributed by atoms with van der Waals surface area (Å²) in [5.74, 6) is 1.34. The van der Waals surface area contributed by atoms with E-state index in [1.54, 1.807) is 35.1 Å². The highest BCUT2D eigenvalue weighted by molar-refractivity contribution is 7.92. The number of nitrogens with one attached hydrogen (secondary N) is 2. The predicted molar refractivity (Wildman–Crippen MR) is 154 cm³/mol. The lowest BCUT2D eigenvalue weighted by atomic mass is 10.0. The van der Waals surface area contributed by atoms with Gasteiger partial charge in [-0.25, -0.2) is 13.2 Å². The van der Waals surface area contributed by atoms with Gasteiger partial charge >= 0.3 is 6.03 Å². The zero-order valence-corrected chi connectivity index (χ0v) is 23.7. The molecule has 210 valence electrons. The van der Waals surface area contributed by atoms with Crippen molar-refractivity contribution in [1.29, 1.82) is 0 Å². The number of nitrogens with zero attached hydrogens (tertiary/aromatic N) is 4. The van der Waals surface area contributed by atoms with Crippen LogP contribution in [0.1, 0.15) is 38.2 Å². The molecule has 2 heterocycles. The summed E-state index contributed by atoms with van der Waals surface area (Å²) in [5.41, 5.74) is 2.41. The number of likely N-dealkylation sites (tertiary alicyclic amines) is 1. The molecular weight excluding hydrogens is 516 g/mol. The topological polar surface area (TPSA) is 109 Å². The van der Waals surface area contributed by atoms with E-state index in [0.29, 0.717) is 17.2 Å². The summed E-state index contributed by atoms with van der Waals surface area (Å²) in [4.78, 5) is 17.5. The summed E-state index contributed by atoms with van der Waals surface area (Å²) in [6.07, 6.45) is 8.50. The van der Waals surface area contributed by atoms with Crippen LogP contribution in [-0.4, -0.2) is 66.0 Å². The van der Waals surface area contributed by atoms with Gasteiger partial charge in [0.2, 0.25) is 10.0 Å². The number of aromatic nitrogens is 2. The van der Waals surface area contributed by atoms with Gasteiger partial charge in [-0.15, -0.1) is 0 Å². The van der Waals surface area contributed by atoms with Gasteiger partial charge in [-0.1, -0.05) is 25.5 Å². The number of piperidine rings is 1. The van der Waals surface area contributed by atoms with E-state index in [1.807, 2.05) is 30.3 Å².